The molecule has 1 aromatic carbocycles. The Kier molecular flexibility index (Phi) is 4.55. The number of aryl methyl sites for hydroxylation is 1. The summed E-state index contributed by atoms with van der Waals surface area (Å²) in [6.07, 6.45) is 3.60. The largest absolute Gasteiger partial charge is 0.508 e. The third kappa shape index (κ3) is 3.42. The van der Waals surface area contributed by atoms with Crippen molar-refractivity contribution in [3.05, 3.63) is 29.8 Å². The van der Waals surface area contributed by atoms with Crippen LogP contribution in [0, 0.1) is 0 Å². The zero-order chi connectivity index (χ0) is 11.2. The van der Waals surface area contributed by atoms with E-state index in [0.717, 1.165) is 29.5 Å². The van der Waals surface area contributed by atoms with E-state index in [0.29, 0.717) is 5.75 Å². The van der Waals surface area contributed by atoms with Crippen molar-refractivity contribution in [3.63, 3.8) is 0 Å². The van der Waals surface area contributed by atoms with Gasteiger partial charge in [-0.15, -0.1) is 0 Å². The number of nitrogens with one attached hydrogen (secondary N) is 1. The third-order valence-electron chi connectivity index (χ3n) is 2.97. The van der Waals surface area contributed by atoms with Crippen molar-refractivity contribution in [2.75, 3.05) is 18.8 Å². The molecule has 0 radical (unpaired) electrons. The molecule has 1 fully saturated rings. The van der Waals surface area contributed by atoms with Crippen LogP contribution in [0.5, 0.6) is 5.75 Å². The number of aromatic hydroxyl groups is 1. The standard InChI is InChI=1S/C13H19NOS/c15-13-6-2-1-4-11(13)7-9-16-12-5-3-8-14-10-12/h1-2,4,6,12,14-15H,3,5,7-10H2. The Bertz CT molecular complexity index is 323. The molecule has 1 aromatic rings. The van der Waals surface area contributed by atoms with E-state index in [4.69, 9.17) is 0 Å². The first-order valence-electron chi connectivity index (χ1n) is 5.95. The quantitative estimate of drug-likeness (QED) is 0.843. The number of para-hydroxylation sites is 1. The van der Waals surface area contributed by atoms with Crippen LogP contribution in [0.3, 0.4) is 0 Å². The highest BCUT2D eigenvalue weighted by atomic mass is 32.2. The second kappa shape index (κ2) is 6.16. The van der Waals surface area contributed by atoms with Gasteiger partial charge in [0.15, 0.2) is 0 Å². The topological polar surface area (TPSA) is 32.3 Å². The number of piperidine rings is 1. The molecule has 1 aliphatic rings. The SMILES string of the molecule is Oc1ccccc1CCSC1CCCNC1. The van der Waals surface area contributed by atoms with Gasteiger partial charge in [0.1, 0.15) is 5.75 Å². The Morgan fingerprint density at radius 1 is 1.38 bits per heavy atom. The first kappa shape index (κ1) is 11.8. The van der Waals surface area contributed by atoms with E-state index in [1.165, 1.54) is 19.4 Å². The van der Waals surface area contributed by atoms with E-state index >= 15 is 0 Å². The lowest BCUT2D eigenvalue weighted by molar-refractivity contribution is 0.469. The molecular formula is C13H19NOS. The second-order valence-electron chi connectivity index (χ2n) is 4.22. The number of hydrogen-bond acceptors (Lipinski definition) is 3. The lowest BCUT2D eigenvalue weighted by Crippen LogP contribution is -2.31. The molecule has 0 aliphatic carbocycles. The molecule has 0 spiro atoms. The van der Waals surface area contributed by atoms with Crippen LogP contribution < -0.4 is 5.32 Å². The molecule has 88 valence electrons. The molecule has 1 unspecified atom stereocenters. The number of phenolic OH excluding ortho intramolecular Hbond substituents is 1. The summed E-state index contributed by atoms with van der Waals surface area (Å²) in [7, 11) is 0. The lowest BCUT2D eigenvalue weighted by atomic mass is 10.1. The second-order valence-corrected chi connectivity index (χ2v) is 5.63. The fourth-order valence-corrected chi connectivity index (χ4v) is 3.26. The van der Waals surface area contributed by atoms with Gasteiger partial charge in [0.05, 0.1) is 0 Å². The number of hydrogen-bond donors (Lipinski definition) is 2. The highest BCUT2D eigenvalue weighted by Crippen LogP contribution is 2.22. The highest BCUT2D eigenvalue weighted by molar-refractivity contribution is 7.99. The van der Waals surface area contributed by atoms with Gasteiger partial charge in [0.25, 0.3) is 0 Å². The molecule has 1 aliphatic heterocycles. The number of phenols is 1. The Morgan fingerprint density at radius 3 is 3.00 bits per heavy atom. The zero-order valence-electron chi connectivity index (χ0n) is 9.48. The van der Waals surface area contributed by atoms with Crippen LogP contribution in [0.2, 0.25) is 0 Å². The van der Waals surface area contributed by atoms with Crippen LogP contribution in [0.25, 0.3) is 0 Å². The van der Waals surface area contributed by atoms with E-state index in [-0.39, 0.29) is 0 Å². The van der Waals surface area contributed by atoms with Crippen LogP contribution in [0.4, 0.5) is 0 Å². The van der Waals surface area contributed by atoms with E-state index in [2.05, 4.69) is 5.32 Å². The van der Waals surface area contributed by atoms with Crippen LogP contribution >= 0.6 is 11.8 Å². The predicted molar refractivity (Wildman–Crippen MR) is 70.2 cm³/mol. The Hall–Kier alpha value is -0.670. The molecule has 3 heteroatoms. The normalized spacial score (nSPS) is 20.9. The maximum absolute atomic E-state index is 9.63. The number of benzene rings is 1. The first-order valence-corrected chi connectivity index (χ1v) is 7.00. The van der Waals surface area contributed by atoms with Crippen molar-refractivity contribution in [2.45, 2.75) is 24.5 Å². The van der Waals surface area contributed by atoms with Crippen LogP contribution in [0.1, 0.15) is 18.4 Å². The maximum Gasteiger partial charge on any atom is 0.118 e. The van der Waals surface area contributed by atoms with Gasteiger partial charge in [-0.3, -0.25) is 0 Å². The van der Waals surface area contributed by atoms with Crippen molar-refractivity contribution in [3.8, 4) is 5.75 Å². The summed E-state index contributed by atoms with van der Waals surface area (Å²) in [5, 5.41) is 13.8. The average Bonchev–Trinajstić information content (AvgIpc) is 2.33. The minimum absolute atomic E-state index is 0.435. The molecule has 0 saturated carbocycles. The minimum atomic E-state index is 0.435. The van der Waals surface area contributed by atoms with Crippen molar-refractivity contribution < 1.29 is 5.11 Å². The summed E-state index contributed by atoms with van der Waals surface area (Å²) in [5.74, 6) is 1.54. The average molecular weight is 237 g/mol. The summed E-state index contributed by atoms with van der Waals surface area (Å²) in [4.78, 5) is 0. The Morgan fingerprint density at radius 2 is 2.25 bits per heavy atom. The molecule has 0 aromatic heterocycles. The molecule has 0 bridgehead atoms. The molecular weight excluding hydrogens is 218 g/mol. The Labute approximate surface area is 101 Å². The van der Waals surface area contributed by atoms with E-state index in [1.807, 2.05) is 30.0 Å². The van der Waals surface area contributed by atoms with E-state index < -0.39 is 0 Å². The first-order chi connectivity index (χ1) is 7.86. The summed E-state index contributed by atoms with van der Waals surface area (Å²) in [6.45, 7) is 2.32. The highest BCUT2D eigenvalue weighted by Gasteiger charge is 2.12. The fourth-order valence-electron chi connectivity index (χ4n) is 2.02. The number of rotatable bonds is 4. The van der Waals surface area contributed by atoms with E-state index in [1.54, 1.807) is 6.07 Å². The maximum atomic E-state index is 9.63. The molecule has 2 rings (SSSR count). The van der Waals surface area contributed by atoms with Gasteiger partial charge in [0.2, 0.25) is 0 Å². The van der Waals surface area contributed by atoms with Crippen molar-refractivity contribution in [2.24, 2.45) is 0 Å². The minimum Gasteiger partial charge on any atom is -0.508 e. The van der Waals surface area contributed by atoms with Gasteiger partial charge >= 0.3 is 0 Å². The monoisotopic (exact) mass is 237 g/mol. The van der Waals surface area contributed by atoms with Crippen LogP contribution in [-0.4, -0.2) is 29.2 Å². The lowest BCUT2D eigenvalue weighted by Gasteiger charge is -2.22. The fraction of sp³-hybridized carbons (Fsp3) is 0.538. The van der Waals surface area contributed by atoms with Gasteiger partial charge in [0, 0.05) is 11.8 Å². The molecule has 1 saturated heterocycles. The zero-order valence-corrected chi connectivity index (χ0v) is 10.3. The molecule has 2 N–H and O–H groups in total. The summed E-state index contributed by atoms with van der Waals surface area (Å²) < 4.78 is 0. The van der Waals surface area contributed by atoms with Gasteiger partial charge in [-0.2, -0.15) is 11.8 Å². The van der Waals surface area contributed by atoms with Gasteiger partial charge in [-0.25, -0.2) is 0 Å². The molecule has 1 atom stereocenters. The van der Waals surface area contributed by atoms with Crippen molar-refractivity contribution in [1.82, 2.24) is 5.32 Å². The molecule has 16 heavy (non-hydrogen) atoms. The van der Waals surface area contributed by atoms with Gasteiger partial charge < -0.3 is 10.4 Å². The molecule has 2 nitrogen and oxygen atoms in total. The number of thioether (sulfide) groups is 1. The van der Waals surface area contributed by atoms with E-state index in [9.17, 15) is 5.11 Å². The molecule has 1 heterocycles. The van der Waals surface area contributed by atoms with Crippen LogP contribution in [-0.2, 0) is 6.42 Å². The van der Waals surface area contributed by atoms with Gasteiger partial charge in [-0.05, 0) is 43.2 Å². The van der Waals surface area contributed by atoms with Gasteiger partial charge in [-0.1, -0.05) is 18.2 Å². The molecule has 0 amide bonds. The smallest absolute Gasteiger partial charge is 0.118 e. The summed E-state index contributed by atoms with van der Waals surface area (Å²) in [5.41, 5.74) is 1.07. The summed E-state index contributed by atoms with van der Waals surface area (Å²) in [6, 6.07) is 7.64. The van der Waals surface area contributed by atoms with Crippen LogP contribution in [0.15, 0.2) is 24.3 Å². The van der Waals surface area contributed by atoms with Crippen molar-refractivity contribution in [1.29, 1.82) is 0 Å². The third-order valence-corrected chi connectivity index (χ3v) is 4.28. The Balaban J connectivity index is 1.73. The predicted octanol–water partition coefficient (Wildman–Crippen LogP) is 2.42. The summed E-state index contributed by atoms with van der Waals surface area (Å²) >= 11 is 2.03. The van der Waals surface area contributed by atoms with Crippen molar-refractivity contribution >= 4 is 11.8 Å².